The van der Waals surface area contributed by atoms with Crippen molar-refractivity contribution in [2.75, 3.05) is 32.8 Å². The molecule has 3 fully saturated rings. The standard InChI is InChI=1S/C28H44N2O5S/c1-5-8-11-15-29(14-6-2)26(33)24-28-20(4)19-21(36-28)22(27(34)35-18-7-3)23(28)25(32)30(24)16-12-9-10-13-17-31/h6-7,20-24,31H,2-3,5,8-19H2,1,4H3/t20?,21-,22+,23-,24?,28?/m0/s1. The Balaban J connectivity index is 1.94. The van der Waals surface area contributed by atoms with Crippen molar-refractivity contribution >= 4 is 29.5 Å². The van der Waals surface area contributed by atoms with Crippen molar-refractivity contribution in [3.8, 4) is 0 Å². The summed E-state index contributed by atoms with van der Waals surface area (Å²) in [4.78, 5) is 45.1. The lowest BCUT2D eigenvalue weighted by atomic mass is 9.66. The van der Waals surface area contributed by atoms with Crippen molar-refractivity contribution < 1.29 is 24.2 Å². The van der Waals surface area contributed by atoms with Crippen LogP contribution in [0.2, 0.25) is 0 Å². The van der Waals surface area contributed by atoms with E-state index in [9.17, 15) is 14.4 Å². The SMILES string of the molecule is C=CCOC(=O)[C@@H]1[C@@H]2CC(C)C3(S2)C(C(=O)N(CC=C)CCCCC)N(CCCCCCO)C(=O)[C@H]13. The number of hydrogen-bond acceptors (Lipinski definition) is 6. The number of esters is 1. The molecule has 1 spiro atoms. The molecule has 1 N–H and O–H groups in total. The molecule has 3 aliphatic rings. The minimum Gasteiger partial charge on any atom is -0.461 e. The molecule has 6 atom stereocenters. The summed E-state index contributed by atoms with van der Waals surface area (Å²) >= 11 is 1.69. The van der Waals surface area contributed by atoms with E-state index in [1.807, 2.05) is 4.90 Å². The maximum atomic E-state index is 14.2. The number of nitrogens with zero attached hydrogens (tertiary/aromatic N) is 2. The van der Waals surface area contributed by atoms with Crippen LogP contribution in [0.1, 0.15) is 65.2 Å². The van der Waals surface area contributed by atoms with Gasteiger partial charge in [0.05, 0.1) is 16.6 Å². The second kappa shape index (κ2) is 13.1. The first-order valence-electron chi connectivity index (χ1n) is 13.6. The van der Waals surface area contributed by atoms with E-state index in [-0.39, 0.29) is 42.2 Å². The van der Waals surface area contributed by atoms with Gasteiger partial charge in [0, 0.05) is 31.5 Å². The lowest BCUT2D eigenvalue weighted by Crippen LogP contribution is -2.57. The third kappa shape index (κ3) is 5.40. The first-order valence-corrected chi connectivity index (χ1v) is 14.5. The van der Waals surface area contributed by atoms with Gasteiger partial charge in [-0.05, 0) is 31.6 Å². The van der Waals surface area contributed by atoms with E-state index in [2.05, 4.69) is 27.0 Å². The number of carbonyl (C=O) groups excluding carboxylic acids is 3. The van der Waals surface area contributed by atoms with Crippen molar-refractivity contribution in [2.24, 2.45) is 17.8 Å². The third-order valence-corrected chi connectivity index (χ3v) is 10.2. The minimum absolute atomic E-state index is 0.0128. The number of rotatable bonds is 16. The van der Waals surface area contributed by atoms with E-state index in [4.69, 9.17) is 9.84 Å². The van der Waals surface area contributed by atoms with Crippen molar-refractivity contribution in [2.45, 2.75) is 81.3 Å². The zero-order valence-electron chi connectivity index (χ0n) is 22.0. The van der Waals surface area contributed by atoms with Gasteiger partial charge < -0.3 is 19.6 Å². The molecule has 3 unspecified atom stereocenters. The highest BCUT2D eigenvalue weighted by molar-refractivity contribution is 8.02. The average molecular weight is 521 g/mol. The maximum Gasteiger partial charge on any atom is 0.311 e. The predicted octanol–water partition coefficient (Wildman–Crippen LogP) is 3.81. The number of aliphatic hydroxyl groups is 1. The van der Waals surface area contributed by atoms with Crippen molar-refractivity contribution in [1.82, 2.24) is 9.80 Å². The zero-order chi connectivity index (χ0) is 26.3. The number of ether oxygens (including phenoxy) is 1. The molecule has 8 heteroatoms. The van der Waals surface area contributed by atoms with Crippen LogP contribution in [0.3, 0.4) is 0 Å². The lowest BCUT2D eigenvalue weighted by Gasteiger charge is -2.40. The summed E-state index contributed by atoms with van der Waals surface area (Å²) in [7, 11) is 0. The van der Waals surface area contributed by atoms with Crippen LogP contribution in [0, 0.1) is 17.8 Å². The highest BCUT2D eigenvalue weighted by Crippen LogP contribution is 2.68. The fourth-order valence-corrected chi connectivity index (χ4v) is 8.87. The van der Waals surface area contributed by atoms with Crippen LogP contribution in [-0.2, 0) is 19.1 Å². The summed E-state index contributed by atoms with van der Waals surface area (Å²) in [6.07, 6.45) is 10.4. The first-order chi connectivity index (χ1) is 17.4. The Morgan fingerprint density at radius 1 is 1.19 bits per heavy atom. The summed E-state index contributed by atoms with van der Waals surface area (Å²) in [6, 6.07) is -0.586. The molecule has 36 heavy (non-hydrogen) atoms. The molecule has 0 saturated carbocycles. The molecule has 0 aromatic heterocycles. The molecule has 0 radical (unpaired) electrons. The number of fused-ring (bicyclic) bond motifs is 1. The topological polar surface area (TPSA) is 87.2 Å². The smallest absolute Gasteiger partial charge is 0.311 e. The second-order valence-electron chi connectivity index (χ2n) is 10.4. The molecule has 3 saturated heterocycles. The summed E-state index contributed by atoms with van der Waals surface area (Å²) in [5.74, 6) is -1.37. The Kier molecular flexibility index (Phi) is 10.5. The van der Waals surface area contributed by atoms with E-state index >= 15 is 0 Å². The van der Waals surface area contributed by atoms with Crippen LogP contribution in [0.4, 0.5) is 0 Å². The highest BCUT2D eigenvalue weighted by atomic mass is 32.2. The van der Waals surface area contributed by atoms with Gasteiger partial charge in [0.25, 0.3) is 0 Å². The Morgan fingerprint density at radius 2 is 1.94 bits per heavy atom. The van der Waals surface area contributed by atoms with Gasteiger partial charge in [0.15, 0.2) is 0 Å². The van der Waals surface area contributed by atoms with Crippen LogP contribution < -0.4 is 0 Å². The summed E-state index contributed by atoms with van der Waals surface area (Å²) < 4.78 is 4.83. The normalized spacial score (nSPS) is 30.4. The maximum absolute atomic E-state index is 14.2. The molecule has 3 aliphatic heterocycles. The van der Waals surface area contributed by atoms with Crippen molar-refractivity contribution in [1.29, 1.82) is 0 Å². The van der Waals surface area contributed by atoms with Crippen LogP contribution in [0.15, 0.2) is 25.3 Å². The number of thioether (sulfide) groups is 1. The number of amides is 2. The van der Waals surface area contributed by atoms with Crippen LogP contribution >= 0.6 is 11.8 Å². The number of hydrogen-bond donors (Lipinski definition) is 1. The Hall–Kier alpha value is -1.80. The van der Waals surface area contributed by atoms with E-state index < -0.39 is 22.6 Å². The van der Waals surface area contributed by atoms with Crippen LogP contribution in [0.5, 0.6) is 0 Å². The van der Waals surface area contributed by atoms with E-state index in [1.165, 1.54) is 0 Å². The van der Waals surface area contributed by atoms with Crippen LogP contribution in [-0.4, -0.2) is 81.6 Å². The number of likely N-dealkylation sites (tertiary alicyclic amines) is 1. The summed E-state index contributed by atoms with van der Waals surface area (Å²) in [6.45, 7) is 13.6. The summed E-state index contributed by atoms with van der Waals surface area (Å²) in [5.41, 5.74) is 0. The quantitative estimate of drug-likeness (QED) is 0.189. The second-order valence-corrected chi connectivity index (χ2v) is 12.0. The Bertz CT molecular complexity index is 820. The number of aliphatic hydroxyl groups excluding tert-OH is 1. The molecular formula is C28H44N2O5S. The Morgan fingerprint density at radius 3 is 2.61 bits per heavy atom. The van der Waals surface area contributed by atoms with Crippen LogP contribution in [0.25, 0.3) is 0 Å². The first kappa shape index (κ1) is 28.8. The van der Waals surface area contributed by atoms with Crippen molar-refractivity contribution in [3.63, 3.8) is 0 Å². The van der Waals surface area contributed by atoms with Gasteiger partial charge in [0.2, 0.25) is 11.8 Å². The van der Waals surface area contributed by atoms with Gasteiger partial charge in [-0.15, -0.1) is 18.3 Å². The van der Waals surface area contributed by atoms with Gasteiger partial charge in [-0.1, -0.05) is 58.3 Å². The fourth-order valence-electron chi connectivity index (χ4n) is 6.47. The van der Waals surface area contributed by atoms with E-state index in [0.29, 0.717) is 19.6 Å². The van der Waals surface area contributed by atoms with Gasteiger partial charge in [-0.2, -0.15) is 0 Å². The molecule has 7 nitrogen and oxygen atoms in total. The van der Waals surface area contributed by atoms with Gasteiger partial charge in [-0.3, -0.25) is 14.4 Å². The molecule has 3 rings (SSSR count). The van der Waals surface area contributed by atoms with Crippen molar-refractivity contribution in [3.05, 3.63) is 25.3 Å². The molecule has 3 heterocycles. The number of carbonyl (C=O) groups is 3. The minimum atomic E-state index is -0.619. The lowest BCUT2D eigenvalue weighted by molar-refractivity contribution is -0.153. The van der Waals surface area contributed by atoms with Gasteiger partial charge in [0.1, 0.15) is 12.6 Å². The Labute approximate surface area is 220 Å². The number of unbranched alkanes of at least 4 members (excludes halogenated alkanes) is 5. The largest absolute Gasteiger partial charge is 0.461 e. The fraction of sp³-hybridized carbons (Fsp3) is 0.750. The highest BCUT2D eigenvalue weighted by Gasteiger charge is 2.76. The molecular weight excluding hydrogens is 476 g/mol. The van der Waals surface area contributed by atoms with Gasteiger partial charge in [-0.25, -0.2) is 0 Å². The summed E-state index contributed by atoms with van der Waals surface area (Å²) in [5, 5.41) is 9.10. The predicted molar refractivity (Wildman–Crippen MR) is 143 cm³/mol. The molecule has 202 valence electrons. The molecule has 0 aliphatic carbocycles. The molecule has 0 aromatic carbocycles. The van der Waals surface area contributed by atoms with E-state index in [0.717, 1.165) is 51.4 Å². The third-order valence-electron chi connectivity index (χ3n) is 8.09. The van der Waals surface area contributed by atoms with E-state index in [1.54, 1.807) is 28.8 Å². The molecule has 2 bridgehead atoms. The molecule has 0 aromatic rings. The molecule has 2 amide bonds. The monoisotopic (exact) mass is 520 g/mol. The average Bonchev–Trinajstić information content (AvgIpc) is 3.45. The zero-order valence-corrected chi connectivity index (χ0v) is 22.8. The van der Waals surface area contributed by atoms with Gasteiger partial charge >= 0.3 is 5.97 Å².